The van der Waals surface area contributed by atoms with Crippen LogP contribution >= 0.6 is 0 Å². The van der Waals surface area contributed by atoms with Gasteiger partial charge in [-0.3, -0.25) is 4.79 Å². The maximum absolute atomic E-state index is 11.4. The van der Waals surface area contributed by atoms with Crippen molar-refractivity contribution in [2.45, 2.75) is 32.6 Å². The first-order valence-electron chi connectivity index (χ1n) is 6.95. The molecule has 2 heterocycles. The standard InChI is InChI=1S/C13H21N3O4/c1-8(2)11-15-16-13(20-11)14-7-10(12(17)18)9-3-5-19-6-4-9/h8-10H,3-7H2,1-2H3,(H,14,16)(H,17,18). The largest absolute Gasteiger partial charge is 0.481 e. The Hall–Kier alpha value is -1.63. The van der Waals surface area contributed by atoms with E-state index in [1.165, 1.54) is 0 Å². The van der Waals surface area contributed by atoms with Crippen LogP contribution in [0.25, 0.3) is 0 Å². The molecule has 0 aromatic carbocycles. The molecule has 0 radical (unpaired) electrons. The summed E-state index contributed by atoms with van der Waals surface area (Å²) >= 11 is 0. The molecule has 7 nitrogen and oxygen atoms in total. The highest BCUT2D eigenvalue weighted by Crippen LogP contribution is 2.25. The van der Waals surface area contributed by atoms with E-state index in [-0.39, 0.29) is 17.9 Å². The van der Waals surface area contributed by atoms with Crippen molar-refractivity contribution in [2.24, 2.45) is 11.8 Å². The smallest absolute Gasteiger partial charge is 0.315 e. The third-order valence-electron chi connectivity index (χ3n) is 3.56. The Balaban J connectivity index is 1.92. The molecule has 7 heteroatoms. The zero-order valence-corrected chi connectivity index (χ0v) is 11.8. The average Bonchev–Trinajstić information content (AvgIpc) is 2.89. The van der Waals surface area contributed by atoms with E-state index in [0.717, 1.165) is 12.8 Å². The van der Waals surface area contributed by atoms with E-state index in [9.17, 15) is 9.90 Å². The third-order valence-corrected chi connectivity index (χ3v) is 3.56. The molecule has 112 valence electrons. The first-order valence-corrected chi connectivity index (χ1v) is 6.95. The minimum absolute atomic E-state index is 0.126. The molecule has 2 rings (SSSR count). The lowest BCUT2D eigenvalue weighted by Crippen LogP contribution is -2.34. The second-order valence-electron chi connectivity index (χ2n) is 5.38. The molecule has 0 bridgehead atoms. The molecule has 1 aliphatic rings. The molecule has 1 saturated heterocycles. The molecule has 2 N–H and O–H groups in total. The number of anilines is 1. The van der Waals surface area contributed by atoms with E-state index in [2.05, 4.69) is 15.5 Å². The molecule has 0 amide bonds. The lowest BCUT2D eigenvalue weighted by Gasteiger charge is -2.27. The van der Waals surface area contributed by atoms with Gasteiger partial charge in [0, 0.05) is 25.7 Å². The maximum Gasteiger partial charge on any atom is 0.315 e. The predicted octanol–water partition coefficient (Wildman–Crippen LogP) is 1.73. The summed E-state index contributed by atoms with van der Waals surface area (Å²) in [5.41, 5.74) is 0. The summed E-state index contributed by atoms with van der Waals surface area (Å²) in [6.07, 6.45) is 1.56. The van der Waals surface area contributed by atoms with Crippen LogP contribution < -0.4 is 5.32 Å². The minimum atomic E-state index is -0.798. The van der Waals surface area contributed by atoms with Crippen molar-refractivity contribution in [3.8, 4) is 0 Å². The normalized spacial score (nSPS) is 18.1. The van der Waals surface area contributed by atoms with Crippen LogP contribution in [0.5, 0.6) is 0 Å². The summed E-state index contributed by atoms with van der Waals surface area (Å²) in [5, 5.41) is 20.1. The Morgan fingerprint density at radius 2 is 2.10 bits per heavy atom. The number of carbonyl (C=O) groups is 1. The number of ether oxygens (including phenoxy) is 1. The van der Waals surface area contributed by atoms with Gasteiger partial charge >= 0.3 is 12.0 Å². The summed E-state index contributed by atoms with van der Waals surface area (Å²) < 4.78 is 10.7. The van der Waals surface area contributed by atoms with Crippen LogP contribution in [0.3, 0.4) is 0 Å². The molecule has 0 aliphatic carbocycles. The van der Waals surface area contributed by atoms with Gasteiger partial charge < -0.3 is 19.6 Å². The summed E-state index contributed by atoms with van der Waals surface area (Å²) in [6.45, 7) is 5.47. The molecule has 1 aliphatic heterocycles. The lowest BCUT2D eigenvalue weighted by atomic mass is 9.86. The van der Waals surface area contributed by atoms with Gasteiger partial charge in [0.1, 0.15) is 0 Å². The second kappa shape index (κ2) is 6.69. The Morgan fingerprint density at radius 1 is 1.40 bits per heavy atom. The Morgan fingerprint density at radius 3 is 2.65 bits per heavy atom. The number of carboxylic acid groups (broad SMARTS) is 1. The zero-order chi connectivity index (χ0) is 14.5. The van der Waals surface area contributed by atoms with Crippen molar-refractivity contribution in [1.82, 2.24) is 10.2 Å². The molecule has 1 atom stereocenters. The monoisotopic (exact) mass is 283 g/mol. The Labute approximate surface area is 117 Å². The SMILES string of the molecule is CC(C)c1nnc(NCC(C(=O)O)C2CCOCC2)o1. The summed E-state index contributed by atoms with van der Waals surface area (Å²) in [7, 11) is 0. The zero-order valence-electron chi connectivity index (χ0n) is 11.8. The van der Waals surface area contributed by atoms with Gasteiger partial charge in [0.25, 0.3) is 0 Å². The van der Waals surface area contributed by atoms with Crippen molar-refractivity contribution < 1.29 is 19.1 Å². The van der Waals surface area contributed by atoms with Gasteiger partial charge in [-0.2, -0.15) is 0 Å². The molecule has 1 fully saturated rings. The van der Waals surface area contributed by atoms with Crippen molar-refractivity contribution in [3.63, 3.8) is 0 Å². The summed E-state index contributed by atoms with van der Waals surface area (Å²) in [5.74, 6) is -0.434. The summed E-state index contributed by atoms with van der Waals surface area (Å²) in [4.78, 5) is 11.4. The van der Waals surface area contributed by atoms with Gasteiger partial charge in [-0.25, -0.2) is 0 Å². The van der Waals surface area contributed by atoms with Crippen LogP contribution in [0.1, 0.15) is 38.5 Å². The summed E-state index contributed by atoms with van der Waals surface area (Å²) in [6, 6.07) is 0.284. The topological polar surface area (TPSA) is 97.5 Å². The van der Waals surface area contributed by atoms with Crippen LogP contribution in [0.4, 0.5) is 6.01 Å². The number of nitrogens with one attached hydrogen (secondary N) is 1. The predicted molar refractivity (Wildman–Crippen MR) is 71.5 cm³/mol. The quantitative estimate of drug-likeness (QED) is 0.820. The van der Waals surface area contributed by atoms with E-state index in [0.29, 0.717) is 25.6 Å². The van der Waals surface area contributed by atoms with Crippen molar-refractivity contribution >= 4 is 12.0 Å². The average molecular weight is 283 g/mol. The maximum atomic E-state index is 11.4. The van der Waals surface area contributed by atoms with Crippen LogP contribution in [-0.2, 0) is 9.53 Å². The molecule has 20 heavy (non-hydrogen) atoms. The molecule has 1 aromatic heterocycles. The lowest BCUT2D eigenvalue weighted by molar-refractivity contribution is -0.144. The van der Waals surface area contributed by atoms with E-state index in [1.807, 2.05) is 13.8 Å². The van der Waals surface area contributed by atoms with Gasteiger partial charge in [-0.05, 0) is 18.8 Å². The number of aromatic nitrogens is 2. The number of aliphatic carboxylic acids is 1. The van der Waals surface area contributed by atoms with Gasteiger partial charge in [-0.1, -0.05) is 18.9 Å². The second-order valence-corrected chi connectivity index (χ2v) is 5.38. The number of nitrogens with zero attached hydrogens (tertiary/aromatic N) is 2. The van der Waals surface area contributed by atoms with Crippen molar-refractivity contribution in [1.29, 1.82) is 0 Å². The van der Waals surface area contributed by atoms with Crippen LogP contribution in [0.2, 0.25) is 0 Å². The highest BCUT2D eigenvalue weighted by atomic mass is 16.5. The van der Waals surface area contributed by atoms with Crippen LogP contribution in [0.15, 0.2) is 4.42 Å². The van der Waals surface area contributed by atoms with Gasteiger partial charge in [-0.15, -0.1) is 5.10 Å². The first kappa shape index (κ1) is 14.8. The molecular weight excluding hydrogens is 262 g/mol. The van der Waals surface area contributed by atoms with Crippen molar-refractivity contribution in [3.05, 3.63) is 5.89 Å². The fourth-order valence-corrected chi connectivity index (χ4v) is 2.31. The molecular formula is C13H21N3O4. The molecule has 1 aromatic rings. The van der Waals surface area contributed by atoms with E-state index in [1.54, 1.807) is 0 Å². The van der Waals surface area contributed by atoms with E-state index >= 15 is 0 Å². The van der Waals surface area contributed by atoms with E-state index in [4.69, 9.17) is 9.15 Å². The highest BCUT2D eigenvalue weighted by molar-refractivity contribution is 5.71. The molecule has 1 unspecified atom stereocenters. The third kappa shape index (κ3) is 3.69. The van der Waals surface area contributed by atoms with Crippen LogP contribution in [-0.4, -0.2) is 41.0 Å². The molecule has 0 saturated carbocycles. The van der Waals surface area contributed by atoms with E-state index < -0.39 is 11.9 Å². The number of carboxylic acids is 1. The molecule has 0 spiro atoms. The van der Waals surface area contributed by atoms with Gasteiger partial charge in [0.2, 0.25) is 5.89 Å². The first-order chi connectivity index (χ1) is 9.58. The highest BCUT2D eigenvalue weighted by Gasteiger charge is 2.30. The van der Waals surface area contributed by atoms with Crippen molar-refractivity contribution in [2.75, 3.05) is 25.1 Å². The fourth-order valence-electron chi connectivity index (χ4n) is 2.31. The number of rotatable bonds is 6. The fraction of sp³-hybridized carbons (Fsp3) is 0.769. The van der Waals surface area contributed by atoms with Gasteiger partial charge in [0.15, 0.2) is 0 Å². The van der Waals surface area contributed by atoms with Crippen LogP contribution in [0, 0.1) is 11.8 Å². The number of hydrogen-bond donors (Lipinski definition) is 2. The minimum Gasteiger partial charge on any atom is -0.481 e. The number of hydrogen-bond acceptors (Lipinski definition) is 6. The Bertz CT molecular complexity index is 441. The Kier molecular flexibility index (Phi) is 4.94. The van der Waals surface area contributed by atoms with Gasteiger partial charge in [0.05, 0.1) is 5.92 Å².